The number of nitrogens with zero attached hydrogens (tertiary/aromatic N) is 2. The summed E-state index contributed by atoms with van der Waals surface area (Å²) in [5.41, 5.74) is 1.03. The Hall–Kier alpha value is -1.07. The van der Waals surface area contributed by atoms with E-state index in [-0.39, 0.29) is 0 Å². The van der Waals surface area contributed by atoms with Gasteiger partial charge in [0.1, 0.15) is 4.88 Å². The van der Waals surface area contributed by atoms with Gasteiger partial charge in [0.05, 0.1) is 0 Å². The maximum atomic E-state index is 10.8. The van der Waals surface area contributed by atoms with Gasteiger partial charge in [0.2, 0.25) is 0 Å². The van der Waals surface area contributed by atoms with Gasteiger partial charge < -0.3 is 14.9 Å². The molecule has 1 N–H and O–H groups in total. The topological polar surface area (TPSA) is 43.8 Å². The molecule has 1 fully saturated rings. The lowest BCUT2D eigenvalue weighted by Gasteiger charge is -2.35. The maximum Gasteiger partial charge on any atom is 0.345 e. The Morgan fingerprint density at radius 3 is 2.71 bits per heavy atom. The number of hydrogen-bond acceptors (Lipinski definition) is 4. The first-order valence-electron chi connectivity index (χ1n) is 5.81. The van der Waals surface area contributed by atoms with Crippen LogP contribution < -0.4 is 4.90 Å². The molecule has 0 aliphatic carbocycles. The van der Waals surface area contributed by atoms with Crippen molar-refractivity contribution in [3.63, 3.8) is 0 Å². The fourth-order valence-corrected chi connectivity index (χ4v) is 2.99. The second-order valence-corrected chi connectivity index (χ2v) is 5.53. The van der Waals surface area contributed by atoms with Gasteiger partial charge in [-0.2, -0.15) is 0 Å². The third-order valence-electron chi connectivity index (χ3n) is 3.44. The van der Waals surface area contributed by atoms with Crippen LogP contribution in [0.15, 0.2) is 11.4 Å². The lowest BCUT2D eigenvalue weighted by Crippen LogP contribution is -2.41. The summed E-state index contributed by atoms with van der Waals surface area (Å²) in [5.74, 6) is -0.835. The lowest BCUT2D eigenvalue weighted by atomic mass is 10.0. The molecule has 1 saturated heterocycles. The summed E-state index contributed by atoms with van der Waals surface area (Å²) in [6.07, 6.45) is 2.29. The van der Waals surface area contributed by atoms with E-state index in [9.17, 15) is 4.79 Å². The molecule has 0 bridgehead atoms. The highest BCUT2D eigenvalue weighted by molar-refractivity contribution is 7.12. The summed E-state index contributed by atoms with van der Waals surface area (Å²) >= 11 is 1.30. The smallest absolute Gasteiger partial charge is 0.345 e. The molecule has 0 saturated carbocycles. The Morgan fingerprint density at radius 1 is 1.53 bits per heavy atom. The Kier molecular flexibility index (Phi) is 3.69. The number of carbonyl (C=O) groups is 1. The van der Waals surface area contributed by atoms with Crippen molar-refractivity contribution in [3.8, 4) is 0 Å². The highest BCUT2D eigenvalue weighted by atomic mass is 32.1. The molecule has 5 heteroatoms. The summed E-state index contributed by atoms with van der Waals surface area (Å²) in [5, 5.41) is 10.8. The third-order valence-corrected chi connectivity index (χ3v) is 4.35. The summed E-state index contributed by atoms with van der Waals surface area (Å²) < 4.78 is 0. The van der Waals surface area contributed by atoms with E-state index in [1.165, 1.54) is 11.3 Å². The summed E-state index contributed by atoms with van der Waals surface area (Å²) in [7, 11) is 4.20. The first-order valence-corrected chi connectivity index (χ1v) is 6.69. The van der Waals surface area contributed by atoms with Crippen LogP contribution in [0.4, 0.5) is 5.69 Å². The van der Waals surface area contributed by atoms with Crippen molar-refractivity contribution in [2.75, 3.05) is 32.1 Å². The number of aromatic carboxylic acids is 1. The number of carboxylic acids is 1. The van der Waals surface area contributed by atoms with Crippen molar-refractivity contribution in [1.29, 1.82) is 0 Å². The van der Waals surface area contributed by atoms with Gasteiger partial charge in [0.25, 0.3) is 0 Å². The van der Waals surface area contributed by atoms with Gasteiger partial charge in [-0.05, 0) is 39.0 Å². The van der Waals surface area contributed by atoms with Crippen molar-refractivity contribution in [2.24, 2.45) is 0 Å². The van der Waals surface area contributed by atoms with Crippen LogP contribution in [-0.4, -0.2) is 49.2 Å². The van der Waals surface area contributed by atoms with Gasteiger partial charge >= 0.3 is 5.97 Å². The van der Waals surface area contributed by atoms with Crippen LogP contribution in [0.25, 0.3) is 0 Å². The summed E-state index contributed by atoms with van der Waals surface area (Å²) in [6, 6.07) is 2.30. The van der Waals surface area contributed by atoms with E-state index in [1.54, 1.807) is 6.07 Å². The first-order chi connectivity index (χ1) is 8.08. The number of piperidine rings is 1. The second-order valence-electron chi connectivity index (χ2n) is 4.62. The molecule has 2 heterocycles. The van der Waals surface area contributed by atoms with Crippen LogP contribution in [0.1, 0.15) is 22.5 Å². The minimum absolute atomic E-state index is 0.416. The van der Waals surface area contributed by atoms with Crippen molar-refractivity contribution in [3.05, 3.63) is 16.3 Å². The predicted octanol–water partition coefficient (Wildman–Crippen LogP) is 1.98. The van der Waals surface area contributed by atoms with E-state index >= 15 is 0 Å². The lowest BCUT2D eigenvalue weighted by molar-refractivity contribution is 0.0702. The van der Waals surface area contributed by atoms with Crippen LogP contribution in [-0.2, 0) is 0 Å². The SMILES string of the molecule is CN1CCC(N(C)c2csc(C(=O)O)c2)CC1. The van der Waals surface area contributed by atoms with Crippen LogP contribution in [0.2, 0.25) is 0 Å². The van der Waals surface area contributed by atoms with Crippen molar-refractivity contribution in [1.82, 2.24) is 4.90 Å². The highest BCUT2D eigenvalue weighted by Gasteiger charge is 2.21. The van der Waals surface area contributed by atoms with E-state index in [0.717, 1.165) is 31.6 Å². The van der Waals surface area contributed by atoms with Crippen molar-refractivity contribution < 1.29 is 9.90 Å². The Morgan fingerprint density at radius 2 is 2.18 bits per heavy atom. The van der Waals surface area contributed by atoms with E-state index in [4.69, 9.17) is 5.11 Å². The van der Waals surface area contributed by atoms with Gasteiger partial charge in [0, 0.05) is 24.2 Å². The average Bonchev–Trinajstić information content (AvgIpc) is 2.78. The molecule has 1 aliphatic heterocycles. The number of anilines is 1. The minimum Gasteiger partial charge on any atom is -0.477 e. The van der Waals surface area contributed by atoms with Crippen LogP contribution in [0.5, 0.6) is 0 Å². The molecule has 1 aromatic heterocycles. The van der Waals surface area contributed by atoms with Crippen LogP contribution in [0.3, 0.4) is 0 Å². The molecular formula is C12H18N2O2S. The van der Waals surface area contributed by atoms with Gasteiger partial charge in [0.15, 0.2) is 0 Å². The van der Waals surface area contributed by atoms with Crippen LogP contribution in [0, 0.1) is 0 Å². The molecule has 0 radical (unpaired) electrons. The number of rotatable bonds is 3. The molecule has 0 amide bonds. The summed E-state index contributed by atoms with van der Waals surface area (Å²) in [4.78, 5) is 15.8. The second kappa shape index (κ2) is 5.06. The Bertz CT molecular complexity index is 397. The number of thiophene rings is 1. The van der Waals surface area contributed by atoms with Crippen LogP contribution >= 0.6 is 11.3 Å². The minimum atomic E-state index is -0.835. The molecule has 2 rings (SSSR count). The standard InChI is InChI=1S/C12H18N2O2S/c1-13-5-3-9(4-6-13)14(2)10-7-11(12(15)16)17-8-10/h7-9H,3-6H2,1-2H3,(H,15,16). The number of carboxylic acid groups (broad SMARTS) is 1. The van der Waals surface area contributed by atoms with Crippen molar-refractivity contribution in [2.45, 2.75) is 18.9 Å². The summed E-state index contributed by atoms with van der Waals surface area (Å²) in [6.45, 7) is 2.23. The molecule has 0 atom stereocenters. The Labute approximate surface area is 105 Å². The zero-order valence-corrected chi connectivity index (χ0v) is 11.0. The quantitative estimate of drug-likeness (QED) is 0.895. The molecular weight excluding hydrogens is 236 g/mol. The van der Waals surface area contributed by atoms with E-state index in [1.807, 2.05) is 5.38 Å². The largest absolute Gasteiger partial charge is 0.477 e. The zero-order valence-electron chi connectivity index (χ0n) is 10.2. The fourth-order valence-electron chi connectivity index (χ4n) is 2.22. The molecule has 1 aromatic rings. The molecule has 1 aliphatic rings. The average molecular weight is 254 g/mol. The molecule has 0 aromatic carbocycles. The fraction of sp³-hybridized carbons (Fsp3) is 0.583. The third kappa shape index (κ3) is 2.79. The van der Waals surface area contributed by atoms with E-state index in [0.29, 0.717) is 10.9 Å². The van der Waals surface area contributed by atoms with E-state index in [2.05, 4.69) is 23.9 Å². The predicted molar refractivity (Wildman–Crippen MR) is 70.2 cm³/mol. The van der Waals surface area contributed by atoms with Gasteiger partial charge in [-0.3, -0.25) is 0 Å². The molecule has 17 heavy (non-hydrogen) atoms. The molecule has 0 spiro atoms. The van der Waals surface area contributed by atoms with E-state index < -0.39 is 5.97 Å². The molecule has 94 valence electrons. The van der Waals surface area contributed by atoms with Gasteiger partial charge in [-0.25, -0.2) is 4.79 Å². The normalized spacial score (nSPS) is 18.2. The number of hydrogen-bond donors (Lipinski definition) is 1. The van der Waals surface area contributed by atoms with Gasteiger partial charge in [-0.15, -0.1) is 11.3 Å². The number of likely N-dealkylation sites (tertiary alicyclic amines) is 1. The van der Waals surface area contributed by atoms with Crippen molar-refractivity contribution >= 4 is 23.0 Å². The maximum absolute atomic E-state index is 10.8. The van der Waals surface area contributed by atoms with Gasteiger partial charge in [-0.1, -0.05) is 0 Å². The first kappa shape index (κ1) is 12.4. The Balaban J connectivity index is 2.03. The molecule has 4 nitrogen and oxygen atoms in total. The highest BCUT2D eigenvalue weighted by Crippen LogP contribution is 2.26. The monoisotopic (exact) mass is 254 g/mol. The molecule has 0 unspecified atom stereocenters. The zero-order chi connectivity index (χ0) is 12.4.